The number of halogens is 1. The van der Waals surface area contributed by atoms with Crippen molar-refractivity contribution in [3.8, 4) is 11.5 Å². The average molecular weight is 551 g/mol. The molecule has 1 aliphatic heterocycles. The van der Waals surface area contributed by atoms with Crippen molar-refractivity contribution in [2.24, 2.45) is 0 Å². The quantitative estimate of drug-likeness (QED) is 0.200. The van der Waals surface area contributed by atoms with Gasteiger partial charge in [0.25, 0.3) is 0 Å². The Bertz CT molecular complexity index is 1700. The van der Waals surface area contributed by atoms with Gasteiger partial charge in [0.2, 0.25) is 5.91 Å². The van der Waals surface area contributed by atoms with Crippen molar-refractivity contribution in [3.63, 3.8) is 0 Å². The number of anilines is 4. The van der Waals surface area contributed by atoms with Crippen LogP contribution in [0.15, 0.2) is 86.1 Å². The summed E-state index contributed by atoms with van der Waals surface area (Å²) in [4.78, 5) is 34.3. The Hall–Kier alpha value is -5.32. The standard InChI is InChI=1S/C30H27FN8O2/c1-2-27(40)39-13-9-19(10-14-39)22-17-34-29-28(22)30(36-18-35-29)37-24-7-6-20(15-23(24)31)41-21-8-12-33-26(16-21)38-25-5-3-4-11-32-25/h2-8,11-12,15-19H,1,9-10,13-14H2,(H,32,33,38)(H2,34,35,36,37). The highest BCUT2D eigenvalue weighted by Gasteiger charge is 2.26. The number of hydrogen-bond acceptors (Lipinski definition) is 8. The van der Waals surface area contributed by atoms with Crippen LogP contribution in [0.4, 0.5) is 27.5 Å². The van der Waals surface area contributed by atoms with Crippen LogP contribution in [0.3, 0.4) is 0 Å². The molecule has 206 valence electrons. The van der Waals surface area contributed by atoms with E-state index in [0.717, 1.165) is 23.8 Å². The maximum atomic E-state index is 15.3. The second-order valence-corrected chi connectivity index (χ2v) is 9.58. The van der Waals surface area contributed by atoms with E-state index in [-0.39, 0.29) is 17.5 Å². The molecule has 1 saturated heterocycles. The minimum Gasteiger partial charge on any atom is -0.457 e. The number of ether oxygens (including phenoxy) is 1. The zero-order valence-electron chi connectivity index (χ0n) is 22.0. The van der Waals surface area contributed by atoms with Gasteiger partial charge in [-0.25, -0.2) is 24.3 Å². The number of hydrogen-bond donors (Lipinski definition) is 3. The van der Waals surface area contributed by atoms with Crippen molar-refractivity contribution in [3.05, 3.63) is 97.5 Å². The van der Waals surface area contributed by atoms with Crippen LogP contribution in [0.1, 0.15) is 24.3 Å². The molecule has 0 spiro atoms. The lowest BCUT2D eigenvalue weighted by molar-refractivity contribution is -0.127. The Morgan fingerprint density at radius 3 is 2.61 bits per heavy atom. The summed E-state index contributed by atoms with van der Waals surface area (Å²) in [5.41, 5.74) is 1.96. The molecule has 4 aromatic heterocycles. The Kier molecular flexibility index (Phi) is 7.23. The number of pyridine rings is 2. The summed E-state index contributed by atoms with van der Waals surface area (Å²) in [6.07, 6.45) is 9.60. The molecule has 0 aliphatic carbocycles. The van der Waals surface area contributed by atoms with Crippen molar-refractivity contribution in [1.29, 1.82) is 0 Å². The molecule has 10 nitrogen and oxygen atoms in total. The zero-order chi connectivity index (χ0) is 28.2. The second-order valence-electron chi connectivity index (χ2n) is 9.58. The Morgan fingerprint density at radius 1 is 1.00 bits per heavy atom. The molecule has 5 heterocycles. The van der Waals surface area contributed by atoms with Gasteiger partial charge in [-0.3, -0.25) is 4.79 Å². The molecular weight excluding hydrogens is 523 g/mol. The number of aromatic amines is 1. The fourth-order valence-electron chi connectivity index (χ4n) is 4.98. The Balaban J connectivity index is 1.18. The molecule has 0 atom stereocenters. The predicted molar refractivity (Wildman–Crippen MR) is 154 cm³/mol. The number of H-pyrrole nitrogens is 1. The van der Waals surface area contributed by atoms with E-state index in [4.69, 9.17) is 4.74 Å². The third kappa shape index (κ3) is 5.69. The molecule has 6 rings (SSSR count). The molecule has 0 radical (unpaired) electrons. The number of rotatable bonds is 8. The van der Waals surface area contributed by atoms with Crippen LogP contribution < -0.4 is 15.4 Å². The SMILES string of the molecule is C=CC(=O)N1CCC(c2c[nH]c3ncnc(Nc4ccc(Oc5ccnc(Nc6ccccn6)c5)cc4F)c23)CC1. The number of aromatic nitrogens is 5. The van der Waals surface area contributed by atoms with Gasteiger partial charge >= 0.3 is 0 Å². The minimum atomic E-state index is -0.497. The van der Waals surface area contributed by atoms with Crippen LogP contribution in [0.5, 0.6) is 11.5 Å². The van der Waals surface area contributed by atoms with Crippen molar-refractivity contribution in [2.75, 3.05) is 23.7 Å². The van der Waals surface area contributed by atoms with Crippen LogP contribution >= 0.6 is 0 Å². The zero-order valence-corrected chi connectivity index (χ0v) is 22.0. The summed E-state index contributed by atoms with van der Waals surface area (Å²) in [5.74, 6) is 2.19. The van der Waals surface area contributed by atoms with Gasteiger partial charge in [-0.2, -0.15) is 0 Å². The van der Waals surface area contributed by atoms with E-state index in [1.54, 1.807) is 41.6 Å². The normalized spacial score (nSPS) is 13.6. The minimum absolute atomic E-state index is 0.0542. The van der Waals surface area contributed by atoms with E-state index in [0.29, 0.717) is 47.7 Å². The molecule has 0 saturated carbocycles. The fraction of sp³-hybridized carbons (Fsp3) is 0.167. The summed E-state index contributed by atoms with van der Waals surface area (Å²) >= 11 is 0. The summed E-state index contributed by atoms with van der Waals surface area (Å²) in [6.45, 7) is 4.87. The van der Waals surface area contributed by atoms with Crippen LogP contribution in [-0.2, 0) is 4.79 Å². The van der Waals surface area contributed by atoms with Gasteiger partial charge in [0.1, 0.15) is 46.7 Å². The predicted octanol–water partition coefficient (Wildman–Crippen LogP) is 6.06. The largest absolute Gasteiger partial charge is 0.457 e. The number of fused-ring (bicyclic) bond motifs is 1. The maximum Gasteiger partial charge on any atom is 0.245 e. The van der Waals surface area contributed by atoms with Crippen LogP contribution in [0, 0.1) is 5.82 Å². The van der Waals surface area contributed by atoms with E-state index < -0.39 is 5.82 Å². The van der Waals surface area contributed by atoms with E-state index in [1.807, 2.05) is 24.4 Å². The smallest absolute Gasteiger partial charge is 0.245 e. The van der Waals surface area contributed by atoms with Gasteiger partial charge in [0.05, 0.1) is 11.1 Å². The third-order valence-electron chi connectivity index (χ3n) is 7.00. The van der Waals surface area contributed by atoms with Gasteiger partial charge in [-0.15, -0.1) is 0 Å². The monoisotopic (exact) mass is 550 g/mol. The first-order valence-corrected chi connectivity index (χ1v) is 13.2. The highest BCUT2D eigenvalue weighted by Crippen LogP contribution is 2.37. The van der Waals surface area contributed by atoms with E-state index >= 15 is 4.39 Å². The van der Waals surface area contributed by atoms with Crippen molar-refractivity contribution in [2.45, 2.75) is 18.8 Å². The van der Waals surface area contributed by atoms with Crippen LogP contribution in [0.25, 0.3) is 11.0 Å². The van der Waals surface area contributed by atoms with E-state index in [9.17, 15) is 4.79 Å². The summed E-state index contributed by atoms with van der Waals surface area (Å²) < 4.78 is 21.2. The maximum absolute atomic E-state index is 15.3. The van der Waals surface area contributed by atoms with Gasteiger partial charge < -0.3 is 25.3 Å². The molecule has 11 heteroatoms. The molecule has 0 unspecified atom stereocenters. The van der Waals surface area contributed by atoms with E-state index in [2.05, 4.69) is 42.1 Å². The number of piperidine rings is 1. The molecule has 1 aliphatic rings. The van der Waals surface area contributed by atoms with E-state index in [1.165, 1.54) is 18.5 Å². The number of nitrogens with zero attached hydrogens (tertiary/aromatic N) is 5. The Labute approximate surface area is 235 Å². The number of amides is 1. The van der Waals surface area contributed by atoms with Gasteiger partial charge in [-0.1, -0.05) is 12.6 Å². The van der Waals surface area contributed by atoms with Crippen LogP contribution in [-0.4, -0.2) is 48.8 Å². The number of nitrogens with one attached hydrogen (secondary N) is 3. The fourth-order valence-corrected chi connectivity index (χ4v) is 4.98. The average Bonchev–Trinajstić information content (AvgIpc) is 3.44. The summed E-state index contributed by atoms with van der Waals surface area (Å²) in [6, 6.07) is 13.5. The van der Waals surface area contributed by atoms with Crippen molar-refractivity contribution in [1.82, 2.24) is 29.8 Å². The molecule has 1 amide bonds. The van der Waals surface area contributed by atoms with Gasteiger partial charge in [0, 0.05) is 43.8 Å². The lowest BCUT2D eigenvalue weighted by atomic mass is 9.89. The number of carbonyl (C=O) groups excluding carboxylic acids is 1. The number of benzene rings is 1. The van der Waals surface area contributed by atoms with Crippen LogP contribution in [0.2, 0.25) is 0 Å². The highest BCUT2D eigenvalue weighted by molar-refractivity contribution is 5.92. The lowest BCUT2D eigenvalue weighted by Gasteiger charge is -2.31. The molecule has 41 heavy (non-hydrogen) atoms. The molecule has 1 fully saturated rings. The van der Waals surface area contributed by atoms with Crippen molar-refractivity contribution >= 4 is 40.1 Å². The Morgan fingerprint density at radius 2 is 1.83 bits per heavy atom. The van der Waals surface area contributed by atoms with Gasteiger partial charge in [-0.05, 0) is 60.7 Å². The second kappa shape index (κ2) is 11.4. The number of carbonyl (C=O) groups is 1. The first-order chi connectivity index (χ1) is 20.1. The molecule has 1 aromatic carbocycles. The molecule has 0 bridgehead atoms. The third-order valence-corrected chi connectivity index (χ3v) is 7.00. The topological polar surface area (TPSA) is 121 Å². The molecular formula is C30H27FN8O2. The molecule has 5 aromatic rings. The first kappa shape index (κ1) is 25.9. The van der Waals surface area contributed by atoms with Gasteiger partial charge in [0.15, 0.2) is 0 Å². The van der Waals surface area contributed by atoms with Crippen molar-refractivity contribution < 1.29 is 13.9 Å². The first-order valence-electron chi connectivity index (χ1n) is 13.2. The lowest BCUT2D eigenvalue weighted by Crippen LogP contribution is -2.36. The number of likely N-dealkylation sites (tertiary alicyclic amines) is 1. The molecule has 3 N–H and O–H groups in total. The summed E-state index contributed by atoms with van der Waals surface area (Å²) in [7, 11) is 0. The highest BCUT2D eigenvalue weighted by atomic mass is 19.1. The summed E-state index contributed by atoms with van der Waals surface area (Å²) in [5, 5.41) is 7.05.